The molecule has 0 bridgehead atoms. The van der Waals surface area contributed by atoms with Crippen molar-refractivity contribution in [1.82, 2.24) is 25.1 Å². The Balaban J connectivity index is 1.72. The molecule has 0 aliphatic rings. The summed E-state index contributed by atoms with van der Waals surface area (Å²) in [5.74, 6) is 0.786. The minimum Gasteiger partial charge on any atom is -0.444 e. The van der Waals surface area contributed by atoms with Crippen LogP contribution in [-0.4, -0.2) is 45.0 Å². The number of carbonyl (C=O) groups excluding carboxylic acids is 1. The number of rotatable bonds is 8. The first kappa shape index (κ1) is 18.7. The highest BCUT2D eigenvalue weighted by molar-refractivity contribution is 9.10. The van der Waals surface area contributed by atoms with Crippen LogP contribution in [0.25, 0.3) is 11.0 Å². The zero-order valence-electron chi connectivity index (χ0n) is 14.5. The number of hydrogen-bond acceptors (Lipinski definition) is 7. The first-order valence-corrected chi connectivity index (χ1v) is 10.2. The molecule has 10 heteroatoms. The Labute approximate surface area is 163 Å². The van der Waals surface area contributed by atoms with Crippen LogP contribution in [0.5, 0.6) is 0 Å². The minimum atomic E-state index is -0.267. The molecule has 3 aromatic heterocycles. The van der Waals surface area contributed by atoms with Crippen molar-refractivity contribution in [2.45, 2.75) is 25.0 Å². The number of aromatic nitrogens is 4. The molecule has 0 aliphatic heterocycles. The molecule has 0 spiro atoms. The summed E-state index contributed by atoms with van der Waals surface area (Å²) >= 11 is 4.66. The SMILES string of the molecule is CCCNc1nc(SC)nc2c1cnn2CCNC(=O)c1ccc(Br)o1. The fourth-order valence-electron chi connectivity index (χ4n) is 2.37. The van der Waals surface area contributed by atoms with Crippen LogP contribution in [0.2, 0.25) is 0 Å². The molecule has 3 rings (SSSR count). The van der Waals surface area contributed by atoms with Gasteiger partial charge in [-0.2, -0.15) is 5.10 Å². The number of carbonyl (C=O) groups is 1. The van der Waals surface area contributed by atoms with Gasteiger partial charge in [0, 0.05) is 13.1 Å². The van der Waals surface area contributed by atoms with E-state index in [0.29, 0.717) is 22.9 Å². The molecule has 8 nitrogen and oxygen atoms in total. The van der Waals surface area contributed by atoms with Gasteiger partial charge in [0.05, 0.1) is 18.1 Å². The van der Waals surface area contributed by atoms with Gasteiger partial charge in [-0.3, -0.25) is 4.79 Å². The molecule has 138 valence electrons. The van der Waals surface area contributed by atoms with Gasteiger partial charge in [0.25, 0.3) is 5.91 Å². The highest BCUT2D eigenvalue weighted by Gasteiger charge is 2.14. The number of furan rings is 1. The van der Waals surface area contributed by atoms with Crippen molar-refractivity contribution in [3.63, 3.8) is 0 Å². The number of halogens is 1. The lowest BCUT2D eigenvalue weighted by molar-refractivity contribution is 0.0923. The van der Waals surface area contributed by atoms with Gasteiger partial charge in [-0.05, 0) is 40.7 Å². The quantitative estimate of drug-likeness (QED) is 0.411. The van der Waals surface area contributed by atoms with Gasteiger partial charge < -0.3 is 15.1 Å². The van der Waals surface area contributed by atoms with E-state index >= 15 is 0 Å². The minimum absolute atomic E-state index is 0.264. The van der Waals surface area contributed by atoms with Crippen molar-refractivity contribution in [1.29, 1.82) is 0 Å². The molecule has 3 heterocycles. The highest BCUT2D eigenvalue weighted by Crippen LogP contribution is 2.23. The number of fused-ring (bicyclic) bond motifs is 1. The lowest BCUT2D eigenvalue weighted by Gasteiger charge is -2.08. The van der Waals surface area contributed by atoms with Crippen molar-refractivity contribution >= 4 is 50.5 Å². The number of nitrogens with zero attached hydrogens (tertiary/aromatic N) is 4. The number of amides is 1. The van der Waals surface area contributed by atoms with E-state index in [9.17, 15) is 4.79 Å². The average Bonchev–Trinajstić information content (AvgIpc) is 3.26. The monoisotopic (exact) mass is 438 g/mol. The van der Waals surface area contributed by atoms with Crippen molar-refractivity contribution < 1.29 is 9.21 Å². The van der Waals surface area contributed by atoms with Gasteiger partial charge in [-0.1, -0.05) is 18.7 Å². The van der Waals surface area contributed by atoms with Crippen LogP contribution in [0.3, 0.4) is 0 Å². The van der Waals surface area contributed by atoms with E-state index < -0.39 is 0 Å². The van der Waals surface area contributed by atoms with E-state index in [1.807, 2.05) is 6.26 Å². The predicted octanol–water partition coefficient (Wildman–Crippen LogP) is 3.16. The average molecular weight is 439 g/mol. The lowest BCUT2D eigenvalue weighted by atomic mass is 10.3. The van der Waals surface area contributed by atoms with Crippen LogP contribution in [0.4, 0.5) is 5.82 Å². The molecule has 0 saturated carbocycles. The Morgan fingerprint density at radius 2 is 2.19 bits per heavy atom. The van der Waals surface area contributed by atoms with Crippen molar-refractivity contribution in [3.05, 3.63) is 28.8 Å². The molecule has 3 aromatic rings. The maximum absolute atomic E-state index is 12.0. The van der Waals surface area contributed by atoms with Gasteiger partial charge in [-0.15, -0.1) is 0 Å². The van der Waals surface area contributed by atoms with E-state index in [4.69, 9.17) is 4.42 Å². The largest absolute Gasteiger partial charge is 0.444 e. The van der Waals surface area contributed by atoms with Gasteiger partial charge in [0.1, 0.15) is 5.82 Å². The van der Waals surface area contributed by atoms with Crippen LogP contribution in [0.15, 0.2) is 32.6 Å². The predicted molar refractivity (Wildman–Crippen MR) is 105 cm³/mol. The smallest absolute Gasteiger partial charge is 0.287 e. The molecule has 0 aromatic carbocycles. The summed E-state index contributed by atoms with van der Waals surface area (Å²) < 4.78 is 7.53. The fraction of sp³-hybridized carbons (Fsp3) is 0.375. The Kier molecular flexibility index (Phi) is 6.15. The second kappa shape index (κ2) is 8.54. The van der Waals surface area contributed by atoms with E-state index in [2.05, 4.69) is 48.6 Å². The van der Waals surface area contributed by atoms with Crippen LogP contribution >= 0.6 is 27.7 Å². The van der Waals surface area contributed by atoms with Crippen molar-refractivity contribution in [2.24, 2.45) is 0 Å². The highest BCUT2D eigenvalue weighted by atomic mass is 79.9. The summed E-state index contributed by atoms with van der Waals surface area (Å²) in [6.07, 6.45) is 4.69. The molecule has 2 N–H and O–H groups in total. The Bertz CT molecular complexity index is 909. The van der Waals surface area contributed by atoms with Crippen LogP contribution in [0.1, 0.15) is 23.9 Å². The second-order valence-corrected chi connectivity index (χ2v) is 7.01. The molecule has 0 unspecified atom stereocenters. The van der Waals surface area contributed by atoms with Crippen LogP contribution in [-0.2, 0) is 6.54 Å². The maximum atomic E-state index is 12.0. The first-order chi connectivity index (χ1) is 12.6. The van der Waals surface area contributed by atoms with E-state index in [1.54, 1.807) is 23.0 Å². The number of nitrogens with one attached hydrogen (secondary N) is 2. The normalized spacial score (nSPS) is 11.0. The fourth-order valence-corrected chi connectivity index (χ4v) is 3.03. The number of hydrogen-bond donors (Lipinski definition) is 2. The topological polar surface area (TPSA) is 97.9 Å². The Hall–Kier alpha value is -2.07. The van der Waals surface area contributed by atoms with Crippen LogP contribution < -0.4 is 10.6 Å². The van der Waals surface area contributed by atoms with E-state index in [-0.39, 0.29) is 11.7 Å². The number of thioether (sulfide) groups is 1. The molecular formula is C16H19BrN6O2S. The lowest BCUT2D eigenvalue weighted by Crippen LogP contribution is -2.27. The molecule has 0 saturated heterocycles. The molecule has 0 fully saturated rings. The van der Waals surface area contributed by atoms with Crippen molar-refractivity contribution in [3.8, 4) is 0 Å². The molecule has 26 heavy (non-hydrogen) atoms. The molecular weight excluding hydrogens is 420 g/mol. The Morgan fingerprint density at radius 3 is 2.88 bits per heavy atom. The molecule has 0 radical (unpaired) electrons. The van der Waals surface area contributed by atoms with Crippen LogP contribution in [0, 0.1) is 0 Å². The van der Waals surface area contributed by atoms with Gasteiger partial charge >= 0.3 is 0 Å². The third kappa shape index (κ3) is 4.18. The standard InChI is InChI=1S/C16H19BrN6O2S/c1-3-6-18-13-10-9-20-23(14(10)22-16(21-13)26-2)8-7-19-15(24)11-4-5-12(17)25-11/h4-5,9H,3,6-8H2,1-2H3,(H,19,24)(H,18,21,22). The third-order valence-electron chi connectivity index (χ3n) is 3.61. The Morgan fingerprint density at radius 1 is 1.35 bits per heavy atom. The summed E-state index contributed by atoms with van der Waals surface area (Å²) in [4.78, 5) is 21.1. The second-order valence-electron chi connectivity index (χ2n) is 5.45. The van der Waals surface area contributed by atoms with Gasteiger partial charge in [-0.25, -0.2) is 14.6 Å². The zero-order valence-corrected chi connectivity index (χ0v) is 16.9. The summed E-state index contributed by atoms with van der Waals surface area (Å²) in [6.45, 7) is 3.84. The van der Waals surface area contributed by atoms with Gasteiger partial charge in [0.2, 0.25) is 0 Å². The molecule has 0 atom stereocenters. The molecule has 0 aliphatic carbocycles. The summed E-state index contributed by atoms with van der Waals surface area (Å²) in [5.41, 5.74) is 0.748. The van der Waals surface area contributed by atoms with E-state index in [0.717, 1.165) is 29.8 Å². The number of anilines is 1. The summed E-state index contributed by atoms with van der Waals surface area (Å²) in [6, 6.07) is 3.30. The molecule has 1 amide bonds. The zero-order chi connectivity index (χ0) is 18.5. The maximum Gasteiger partial charge on any atom is 0.287 e. The first-order valence-electron chi connectivity index (χ1n) is 8.17. The summed E-state index contributed by atoms with van der Waals surface area (Å²) in [5, 5.41) is 12.1. The van der Waals surface area contributed by atoms with Crippen molar-refractivity contribution in [2.75, 3.05) is 24.7 Å². The summed E-state index contributed by atoms with van der Waals surface area (Å²) in [7, 11) is 0. The van der Waals surface area contributed by atoms with Gasteiger partial charge in [0.15, 0.2) is 21.2 Å². The van der Waals surface area contributed by atoms with E-state index in [1.165, 1.54) is 11.8 Å². The third-order valence-corrected chi connectivity index (χ3v) is 4.58.